The van der Waals surface area contributed by atoms with Gasteiger partial charge in [0.25, 0.3) is 11.5 Å². The van der Waals surface area contributed by atoms with Crippen LogP contribution in [-0.2, 0) is 26.3 Å². The molecule has 3 aromatic carbocycles. The standard InChI is InChI=1S/C46H46F2N10O7S2/c47-30-13-16-56(26-30)67(63,64)52-38-6-4-36(48)43(35(38)23-49)65-32-2-5-37-34(22-32)46(62)58(27-50-37)42-10-9-41(66-42)55-19-17-53(18-20-55)24-28-11-14-54(15-12-28)31-1-3-33-29(21-31)25-57(45(33)61)39-7-8-40(59)51-44(39)60/h1-6,9-10,21-22,27-28,30,39,52H,7-8,11-20,24-26H2,(H,51,59,60)/t30-,39?/m1/s1. The zero-order valence-electron chi connectivity index (χ0n) is 36.2. The van der Waals surface area contributed by atoms with E-state index in [4.69, 9.17) is 4.74 Å². The van der Waals surface area contributed by atoms with Crippen molar-refractivity contribution in [2.45, 2.75) is 50.9 Å². The molecule has 5 aliphatic heterocycles. The molecule has 4 fully saturated rings. The number of ether oxygens (including phenoxy) is 1. The Kier molecular flexibility index (Phi) is 11.9. The van der Waals surface area contributed by atoms with Crippen molar-refractivity contribution in [2.75, 3.05) is 73.4 Å². The Balaban J connectivity index is 0.741. The van der Waals surface area contributed by atoms with Gasteiger partial charge in [-0.25, -0.2) is 13.8 Å². The number of piperidine rings is 2. The van der Waals surface area contributed by atoms with Crippen LogP contribution in [0, 0.1) is 23.1 Å². The van der Waals surface area contributed by atoms with E-state index in [1.165, 1.54) is 40.4 Å². The number of alkyl halides is 1. The van der Waals surface area contributed by atoms with Gasteiger partial charge in [-0.3, -0.25) is 38.7 Å². The van der Waals surface area contributed by atoms with Gasteiger partial charge in [0.1, 0.15) is 40.9 Å². The van der Waals surface area contributed by atoms with E-state index >= 15 is 4.39 Å². The second-order valence-electron chi connectivity index (χ2n) is 17.5. The molecule has 21 heteroatoms. The van der Waals surface area contributed by atoms with E-state index in [-0.39, 0.29) is 60.1 Å². The van der Waals surface area contributed by atoms with Gasteiger partial charge in [0.05, 0.1) is 21.6 Å². The monoisotopic (exact) mass is 952 g/mol. The van der Waals surface area contributed by atoms with Gasteiger partial charge in [-0.1, -0.05) is 0 Å². The number of carbonyl (C=O) groups is 3. The highest BCUT2D eigenvalue weighted by atomic mass is 32.2. The fraction of sp³-hybridized carbons (Fsp3) is 0.391. The summed E-state index contributed by atoms with van der Waals surface area (Å²) in [6.07, 6.45) is 2.85. The number of halogens is 2. The van der Waals surface area contributed by atoms with Gasteiger partial charge in [0.15, 0.2) is 11.6 Å². The average Bonchev–Trinajstić information content (AvgIpc) is 4.08. The highest BCUT2D eigenvalue weighted by Crippen LogP contribution is 2.36. The summed E-state index contributed by atoms with van der Waals surface area (Å²) in [5.41, 5.74) is 1.92. The van der Waals surface area contributed by atoms with Gasteiger partial charge in [0, 0.05) is 83.1 Å². The molecular formula is C46H46F2N10O7S2. The number of nitriles is 1. The molecule has 5 aromatic rings. The number of benzene rings is 3. The molecule has 5 aliphatic rings. The van der Waals surface area contributed by atoms with Crippen LogP contribution >= 0.6 is 11.3 Å². The number of hydrogen-bond donors (Lipinski definition) is 2. The first kappa shape index (κ1) is 44.4. The second kappa shape index (κ2) is 18.0. The third kappa shape index (κ3) is 8.81. The van der Waals surface area contributed by atoms with Crippen LogP contribution in [0.2, 0.25) is 0 Å². The summed E-state index contributed by atoms with van der Waals surface area (Å²) in [6, 6.07) is 17.4. The first-order chi connectivity index (χ1) is 32.3. The minimum absolute atomic E-state index is 0.0223. The Morgan fingerprint density at radius 2 is 1.69 bits per heavy atom. The summed E-state index contributed by atoms with van der Waals surface area (Å²) in [5, 5.41) is 14.2. The van der Waals surface area contributed by atoms with Crippen LogP contribution in [0.5, 0.6) is 11.5 Å². The number of amides is 3. The predicted molar refractivity (Wildman–Crippen MR) is 246 cm³/mol. The SMILES string of the molecule is N#Cc1c(NS(=O)(=O)N2CC[C@@H](F)C2)ccc(F)c1Oc1ccc2ncn(-c3ccc(N4CCN(CC5CCN(c6ccc7c(c6)CN(C6CCC(=O)NC6=O)C7=O)CC5)CC4)s3)c(=O)c2c1. The average molecular weight is 953 g/mol. The third-order valence-corrected chi connectivity index (χ3v) is 16.0. The van der Waals surface area contributed by atoms with Gasteiger partial charge in [-0.05, 0) is 97.8 Å². The minimum atomic E-state index is -4.24. The Morgan fingerprint density at radius 3 is 2.43 bits per heavy atom. The van der Waals surface area contributed by atoms with Crippen molar-refractivity contribution in [3.05, 3.63) is 99.9 Å². The maximum absolute atomic E-state index is 15.2. The normalized spacial score (nSPS) is 20.9. The summed E-state index contributed by atoms with van der Waals surface area (Å²) >= 11 is 1.47. The minimum Gasteiger partial charge on any atom is -0.453 e. The van der Waals surface area contributed by atoms with E-state index in [1.54, 1.807) is 4.90 Å². The molecule has 3 amide bonds. The van der Waals surface area contributed by atoms with Crippen molar-refractivity contribution in [2.24, 2.45) is 5.92 Å². The molecule has 4 saturated heterocycles. The lowest BCUT2D eigenvalue weighted by Gasteiger charge is -2.39. The van der Waals surface area contributed by atoms with E-state index < -0.39 is 45.5 Å². The number of imide groups is 1. The number of thiophene rings is 1. The molecule has 0 saturated carbocycles. The van der Waals surface area contributed by atoms with Crippen molar-refractivity contribution in [3.8, 4) is 22.6 Å². The summed E-state index contributed by atoms with van der Waals surface area (Å²) in [4.78, 5) is 64.5. The van der Waals surface area contributed by atoms with Crippen molar-refractivity contribution in [1.29, 1.82) is 5.26 Å². The molecule has 2 aromatic heterocycles. The largest absolute Gasteiger partial charge is 0.453 e. The van der Waals surface area contributed by atoms with Crippen LogP contribution in [0.15, 0.2) is 71.8 Å². The molecule has 0 spiro atoms. The quantitative estimate of drug-likeness (QED) is 0.173. The topological polar surface area (TPSA) is 194 Å². The lowest BCUT2D eigenvalue weighted by molar-refractivity contribution is -0.136. The maximum atomic E-state index is 15.2. The fourth-order valence-corrected chi connectivity index (χ4v) is 12.0. The van der Waals surface area contributed by atoms with Crippen molar-refractivity contribution < 1.29 is 36.3 Å². The van der Waals surface area contributed by atoms with Crippen molar-refractivity contribution in [1.82, 2.24) is 29.0 Å². The van der Waals surface area contributed by atoms with Gasteiger partial charge in [0.2, 0.25) is 11.8 Å². The molecule has 0 radical (unpaired) electrons. The Labute approximate surface area is 388 Å². The number of rotatable bonds is 11. The first-order valence-corrected chi connectivity index (χ1v) is 24.5. The Morgan fingerprint density at radius 1 is 0.896 bits per heavy atom. The van der Waals surface area contributed by atoms with E-state index in [0.29, 0.717) is 35.0 Å². The van der Waals surface area contributed by atoms with Gasteiger partial charge >= 0.3 is 10.2 Å². The molecule has 348 valence electrons. The van der Waals surface area contributed by atoms with Gasteiger partial charge in [-0.15, -0.1) is 11.3 Å². The van der Waals surface area contributed by atoms with Crippen LogP contribution in [0.1, 0.15) is 53.6 Å². The lowest BCUT2D eigenvalue weighted by atomic mass is 9.95. The van der Waals surface area contributed by atoms with Crippen LogP contribution in [-0.4, -0.2) is 121 Å². The third-order valence-electron chi connectivity index (χ3n) is 13.3. The molecule has 67 heavy (non-hydrogen) atoms. The van der Waals surface area contributed by atoms with E-state index in [1.807, 2.05) is 30.3 Å². The Hall–Kier alpha value is -6.47. The number of nitrogens with zero attached hydrogens (tertiary/aromatic N) is 8. The van der Waals surface area contributed by atoms with Crippen LogP contribution < -0.4 is 30.1 Å². The van der Waals surface area contributed by atoms with Crippen molar-refractivity contribution in [3.63, 3.8) is 0 Å². The van der Waals surface area contributed by atoms with Crippen molar-refractivity contribution >= 4 is 66.5 Å². The molecule has 1 unspecified atom stereocenters. The van der Waals surface area contributed by atoms with Gasteiger partial charge in [-0.2, -0.15) is 18.0 Å². The maximum Gasteiger partial charge on any atom is 0.301 e. The zero-order valence-corrected chi connectivity index (χ0v) is 37.8. The molecule has 10 rings (SSSR count). The smallest absolute Gasteiger partial charge is 0.301 e. The number of piperazine rings is 1. The predicted octanol–water partition coefficient (Wildman–Crippen LogP) is 4.75. The lowest BCUT2D eigenvalue weighted by Crippen LogP contribution is -2.52. The van der Waals surface area contributed by atoms with E-state index in [2.05, 4.69) is 35.8 Å². The summed E-state index contributed by atoms with van der Waals surface area (Å²) < 4.78 is 65.3. The van der Waals surface area contributed by atoms with Crippen LogP contribution in [0.4, 0.5) is 25.2 Å². The Bertz CT molecular complexity index is 3020. The van der Waals surface area contributed by atoms with Crippen LogP contribution in [0.25, 0.3) is 15.9 Å². The van der Waals surface area contributed by atoms with Crippen LogP contribution in [0.3, 0.4) is 0 Å². The number of aromatic nitrogens is 2. The highest BCUT2D eigenvalue weighted by Gasteiger charge is 2.39. The number of carbonyl (C=O) groups excluding carboxylic acids is 3. The summed E-state index contributed by atoms with van der Waals surface area (Å²) in [7, 11) is -4.24. The molecule has 0 aliphatic carbocycles. The molecular weight excluding hydrogens is 907 g/mol. The molecule has 2 N–H and O–H groups in total. The number of anilines is 3. The molecule has 2 atom stereocenters. The second-order valence-corrected chi connectivity index (χ2v) is 20.2. The molecule has 7 heterocycles. The molecule has 17 nitrogen and oxygen atoms in total. The summed E-state index contributed by atoms with van der Waals surface area (Å²) in [5.74, 6) is -1.77. The number of fused-ring (bicyclic) bond motifs is 2. The summed E-state index contributed by atoms with van der Waals surface area (Å²) in [6.45, 7) is 6.27. The number of hydrogen-bond acceptors (Lipinski definition) is 13. The zero-order chi connectivity index (χ0) is 46.6. The first-order valence-electron chi connectivity index (χ1n) is 22.3. The van der Waals surface area contributed by atoms with Gasteiger partial charge < -0.3 is 19.4 Å². The van der Waals surface area contributed by atoms with E-state index in [0.717, 1.165) is 91.3 Å². The van der Waals surface area contributed by atoms with E-state index in [9.17, 15) is 37.2 Å². The molecule has 0 bridgehead atoms. The fourth-order valence-electron chi connectivity index (χ4n) is 9.67. The number of nitrogens with one attached hydrogen (secondary N) is 2. The highest BCUT2D eigenvalue weighted by molar-refractivity contribution is 7.90.